The molecule has 1 aromatic carbocycles. The molecule has 0 saturated heterocycles. The predicted molar refractivity (Wildman–Crippen MR) is 102 cm³/mol. The molecule has 0 atom stereocenters. The molecule has 2 N–H and O–H groups in total. The van der Waals surface area contributed by atoms with E-state index in [0.717, 1.165) is 5.56 Å². The van der Waals surface area contributed by atoms with Crippen molar-refractivity contribution < 1.29 is 4.52 Å². The summed E-state index contributed by atoms with van der Waals surface area (Å²) in [6.07, 6.45) is 2.22. The van der Waals surface area contributed by atoms with Crippen LogP contribution in [0.15, 0.2) is 58.3 Å². The Hall–Kier alpha value is -2.91. The number of nitrogens with two attached hydrogens (primary N) is 1. The molecule has 0 spiro atoms. The van der Waals surface area contributed by atoms with Gasteiger partial charge in [-0.2, -0.15) is 4.98 Å². The lowest BCUT2D eigenvalue weighted by Gasteiger charge is -2.01. The van der Waals surface area contributed by atoms with Crippen LogP contribution in [-0.2, 0) is 12.2 Å². The second kappa shape index (κ2) is 7.77. The third-order valence-corrected chi connectivity index (χ3v) is 4.81. The standard InChI is InChI=1S/C17H14ClN7OS/c18-12-5-3-4-11(8-12)9-14-21-15(26-24-14)10-27-17-23-22-16(25(17)19)13-6-1-2-7-20-13/h1-8H,9-10,19H2. The zero-order valence-electron chi connectivity index (χ0n) is 14.0. The third-order valence-electron chi connectivity index (χ3n) is 3.64. The maximum Gasteiger partial charge on any atom is 0.237 e. The van der Waals surface area contributed by atoms with Crippen LogP contribution >= 0.6 is 23.4 Å². The predicted octanol–water partition coefficient (Wildman–Crippen LogP) is 2.97. The minimum Gasteiger partial charge on any atom is -0.338 e. The van der Waals surface area contributed by atoms with Gasteiger partial charge in [0.15, 0.2) is 5.82 Å². The van der Waals surface area contributed by atoms with Crippen LogP contribution < -0.4 is 5.84 Å². The Morgan fingerprint density at radius 1 is 1.15 bits per heavy atom. The van der Waals surface area contributed by atoms with E-state index < -0.39 is 0 Å². The second-order valence-electron chi connectivity index (χ2n) is 5.59. The molecule has 27 heavy (non-hydrogen) atoms. The minimum absolute atomic E-state index is 0.431. The number of rotatable bonds is 6. The Labute approximate surface area is 163 Å². The highest BCUT2D eigenvalue weighted by molar-refractivity contribution is 7.98. The van der Waals surface area contributed by atoms with Crippen molar-refractivity contribution in [3.63, 3.8) is 0 Å². The van der Waals surface area contributed by atoms with Gasteiger partial charge in [-0.1, -0.05) is 46.7 Å². The van der Waals surface area contributed by atoms with Crippen molar-refractivity contribution >= 4 is 23.4 Å². The van der Waals surface area contributed by atoms with E-state index in [9.17, 15) is 0 Å². The number of benzene rings is 1. The van der Waals surface area contributed by atoms with Crippen LogP contribution in [0, 0.1) is 0 Å². The Kier molecular flexibility index (Phi) is 5.03. The fourth-order valence-corrected chi connectivity index (χ4v) is 3.33. The highest BCUT2D eigenvalue weighted by atomic mass is 35.5. The summed E-state index contributed by atoms with van der Waals surface area (Å²) in [6.45, 7) is 0. The molecule has 0 aliphatic carbocycles. The minimum atomic E-state index is 0.431. The van der Waals surface area contributed by atoms with E-state index in [1.165, 1.54) is 16.4 Å². The van der Waals surface area contributed by atoms with Gasteiger partial charge in [0.1, 0.15) is 5.69 Å². The first-order valence-electron chi connectivity index (χ1n) is 7.99. The molecule has 136 valence electrons. The van der Waals surface area contributed by atoms with E-state index in [1.807, 2.05) is 42.5 Å². The number of pyridine rings is 1. The van der Waals surface area contributed by atoms with Crippen molar-refractivity contribution in [1.82, 2.24) is 30.0 Å². The smallest absolute Gasteiger partial charge is 0.237 e. The van der Waals surface area contributed by atoms with Crippen LogP contribution in [0.1, 0.15) is 17.3 Å². The van der Waals surface area contributed by atoms with Crippen LogP contribution in [0.2, 0.25) is 5.02 Å². The largest absolute Gasteiger partial charge is 0.338 e. The van der Waals surface area contributed by atoms with Gasteiger partial charge in [0.05, 0.1) is 5.75 Å². The van der Waals surface area contributed by atoms with Gasteiger partial charge in [0.2, 0.25) is 16.9 Å². The number of halogens is 1. The zero-order valence-corrected chi connectivity index (χ0v) is 15.6. The van der Waals surface area contributed by atoms with Crippen LogP contribution in [-0.4, -0.2) is 30.0 Å². The molecule has 10 heteroatoms. The SMILES string of the molecule is Nn1c(SCc2nc(Cc3cccc(Cl)c3)no2)nnc1-c1ccccn1. The molecule has 3 heterocycles. The van der Waals surface area contributed by atoms with Crippen molar-refractivity contribution in [3.8, 4) is 11.5 Å². The quantitative estimate of drug-likeness (QED) is 0.389. The van der Waals surface area contributed by atoms with Gasteiger partial charge in [-0.25, -0.2) is 4.68 Å². The maximum absolute atomic E-state index is 6.07. The summed E-state index contributed by atoms with van der Waals surface area (Å²) in [6, 6.07) is 13.1. The lowest BCUT2D eigenvalue weighted by Crippen LogP contribution is -2.12. The van der Waals surface area contributed by atoms with E-state index in [2.05, 4.69) is 25.3 Å². The van der Waals surface area contributed by atoms with E-state index in [4.69, 9.17) is 22.0 Å². The molecule has 0 bridgehead atoms. The number of hydrogen-bond donors (Lipinski definition) is 1. The molecule has 3 aromatic heterocycles. The molecule has 4 aromatic rings. The first-order chi connectivity index (χ1) is 13.2. The van der Waals surface area contributed by atoms with Crippen molar-refractivity contribution in [3.05, 3.63) is 71.0 Å². The Morgan fingerprint density at radius 2 is 2.07 bits per heavy atom. The van der Waals surface area contributed by atoms with Gasteiger partial charge in [-0.05, 0) is 29.8 Å². The first kappa shape index (κ1) is 17.5. The fourth-order valence-electron chi connectivity index (χ4n) is 2.42. The lowest BCUT2D eigenvalue weighted by molar-refractivity contribution is 0.385. The molecule has 0 amide bonds. The van der Waals surface area contributed by atoms with Gasteiger partial charge < -0.3 is 10.4 Å². The van der Waals surface area contributed by atoms with Gasteiger partial charge in [-0.3, -0.25) is 4.98 Å². The topological polar surface area (TPSA) is 109 Å². The number of nitrogens with zero attached hydrogens (tertiary/aromatic N) is 6. The fraction of sp³-hybridized carbons (Fsp3) is 0.118. The van der Waals surface area contributed by atoms with Gasteiger partial charge >= 0.3 is 0 Å². The van der Waals surface area contributed by atoms with Gasteiger partial charge in [0, 0.05) is 17.6 Å². The zero-order chi connectivity index (χ0) is 18.6. The average Bonchev–Trinajstić information content (AvgIpc) is 3.27. The van der Waals surface area contributed by atoms with Crippen molar-refractivity contribution in [2.45, 2.75) is 17.3 Å². The van der Waals surface area contributed by atoms with Crippen molar-refractivity contribution in [2.24, 2.45) is 0 Å². The molecule has 4 rings (SSSR count). The summed E-state index contributed by atoms with van der Waals surface area (Å²) in [5, 5.41) is 13.4. The van der Waals surface area contributed by atoms with E-state index in [1.54, 1.807) is 6.20 Å². The molecule has 0 unspecified atom stereocenters. The molecular weight excluding hydrogens is 386 g/mol. The monoisotopic (exact) mass is 399 g/mol. The Morgan fingerprint density at radius 3 is 2.89 bits per heavy atom. The van der Waals surface area contributed by atoms with Crippen molar-refractivity contribution in [1.29, 1.82) is 0 Å². The first-order valence-corrected chi connectivity index (χ1v) is 9.36. The summed E-state index contributed by atoms with van der Waals surface area (Å²) < 4.78 is 6.69. The number of aromatic nitrogens is 6. The number of nitrogen functional groups attached to an aromatic ring is 1. The van der Waals surface area contributed by atoms with E-state index in [-0.39, 0.29) is 0 Å². The van der Waals surface area contributed by atoms with Crippen LogP contribution in [0.4, 0.5) is 0 Å². The Balaban J connectivity index is 1.41. The molecule has 0 radical (unpaired) electrons. The van der Waals surface area contributed by atoms with Crippen LogP contribution in [0.3, 0.4) is 0 Å². The van der Waals surface area contributed by atoms with Crippen LogP contribution in [0.25, 0.3) is 11.5 Å². The summed E-state index contributed by atoms with van der Waals surface area (Å²) in [5.74, 6) is 8.07. The van der Waals surface area contributed by atoms with Crippen LogP contribution in [0.5, 0.6) is 0 Å². The average molecular weight is 400 g/mol. The maximum atomic E-state index is 6.07. The molecular formula is C17H14ClN7OS. The molecule has 0 aliphatic heterocycles. The van der Waals surface area contributed by atoms with Gasteiger partial charge in [0.25, 0.3) is 0 Å². The molecule has 0 fully saturated rings. The second-order valence-corrected chi connectivity index (χ2v) is 6.97. The summed E-state index contributed by atoms with van der Waals surface area (Å²) in [5.41, 5.74) is 1.67. The molecule has 0 saturated carbocycles. The highest BCUT2D eigenvalue weighted by Gasteiger charge is 2.15. The summed E-state index contributed by atoms with van der Waals surface area (Å²) >= 11 is 7.35. The van der Waals surface area contributed by atoms with E-state index >= 15 is 0 Å². The van der Waals surface area contributed by atoms with E-state index in [0.29, 0.717) is 45.6 Å². The lowest BCUT2D eigenvalue weighted by atomic mass is 10.1. The summed E-state index contributed by atoms with van der Waals surface area (Å²) in [4.78, 5) is 8.62. The van der Waals surface area contributed by atoms with Gasteiger partial charge in [-0.15, -0.1) is 10.2 Å². The molecule has 8 nitrogen and oxygen atoms in total. The van der Waals surface area contributed by atoms with Crippen molar-refractivity contribution in [2.75, 3.05) is 5.84 Å². The third kappa shape index (κ3) is 4.09. The summed E-state index contributed by atoms with van der Waals surface area (Å²) in [7, 11) is 0. The Bertz CT molecular complexity index is 1050. The number of hydrogen-bond acceptors (Lipinski definition) is 8. The molecule has 0 aliphatic rings. The normalized spacial score (nSPS) is 11.0. The highest BCUT2D eigenvalue weighted by Crippen LogP contribution is 2.23. The number of thioether (sulfide) groups is 1.